The average Bonchev–Trinajstić information content (AvgIpc) is 2.14. The first-order valence-corrected chi connectivity index (χ1v) is 4.07. The molecule has 1 nitrogen and oxygen atoms in total. The zero-order chi connectivity index (χ0) is 5.98. The van der Waals surface area contributed by atoms with E-state index in [1.807, 2.05) is 11.4 Å². The summed E-state index contributed by atoms with van der Waals surface area (Å²) in [4.78, 5) is 0. The molecule has 0 spiro atoms. The van der Waals surface area contributed by atoms with Gasteiger partial charge in [-0.2, -0.15) is 0 Å². The van der Waals surface area contributed by atoms with E-state index >= 15 is 0 Å². The number of halogens is 1. The minimum absolute atomic E-state index is 0.982. The van der Waals surface area contributed by atoms with Crippen molar-refractivity contribution in [2.45, 2.75) is 0 Å². The molecule has 1 aromatic heterocycles. The SMILES string of the molecule is COc1ccsc1I. The number of hydrogen-bond donors (Lipinski definition) is 0. The molecule has 1 rings (SSSR count). The highest BCUT2D eigenvalue weighted by Crippen LogP contribution is 2.25. The monoisotopic (exact) mass is 240 g/mol. The van der Waals surface area contributed by atoms with Gasteiger partial charge in [-0.15, -0.1) is 11.3 Å². The van der Waals surface area contributed by atoms with Gasteiger partial charge in [0.05, 0.1) is 7.11 Å². The van der Waals surface area contributed by atoms with Gasteiger partial charge in [-0.1, -0.05) is 0 Å². The fraction of sp³-hybridized carbons (Fsp3) is 0.200. The molecule has 3 heteroatoms. The third kappa shape index (κ3) is 1.14. The van der Waals surface area contributed by atoms with Gasteiger partial charge in [0.15, 0.2) is 0 Å². The normalized spacial score (nSPS) is 9.25. The van der Waals surface area contributed by atoms with Crippen LogP contribution in [0.1, 0.15) is 0 Å². The summed E-state index contributed by atoms with van der Waals surface area (Å²) in [5.41, 5.74) is 0. The molecule has 44 valence electrons. The Labute approximate surface area is 65.8 Å². The Kier molecular flexibility index (Phi) is 2.13. The fourth-order valence-corrected chi connectivity index (χ4v) is 1.85. The van der Waals surface area contributed by atoms with Crippen molar-refractivity contribution in [1.29, 1.82) is 0 Å². The van der Waals surface area contributed by atoms with Crippen LogP contribution in [0.5, 0.6) is 5.75 Å². The summed E-state index contributed by atoms with van der Waals surface area (Å²) in [5, 5.41) is 2.01. The average molecular weight is 240 g/mol. The van der Waals surface area contributed by atoms with Crippen molar-refractivity contribution in [2.24, 2.45) is 0 Å². The van der Waals surface area contributed by atoms with Gasteiger partial charge in [-0.25, -0.2) is 0 Å². The first-order valence-electron chi connectivity index (χ1n) is 2.11. The molecule has 0 amide bonds. The molecule has 0 aliphatic heterocycles. The zero-order valence-corrected chi connectivity index (χ0v) is 7.32. The van der Waals surface area contributed by atoms with E-state index in [-0.39, 0.29) is 0 Å². The lowest BCUT2D eigenvalue weighted by atomic mass is 10.6. The van der Waals surface area contributed by atoms with Gasteiger partial charge in [0.25, 0.3) is 0 Å². The molecular weight excluding hydrogens is 235 g/mol. The van der Waals surface area contributed by atoms with Crippen LogP contribution in [-0.4, -0.2) is 7.11 Å². The summed E-state index contributed by atoms with van der Waals surface area (Å²) in [6, 6.07) is 1.96. The number of hydrogen-bond acceptors (Lipinski definition) is 2. The molecule has 0 saturated heterocycles. The van der Waals surface area contributed by atoms with E-state index in [4.69, 9.17) is 4.74 Å². The van der Waals surface area contributed by atoms with Crippen LogP contribution < -0.4 is 4.74 Å². The van der Waals surface area contributed by atoms with Gasteiger partial charge in [0, 0.05) is 0 Å². The van der Waals surface area contributed by atoms with Gasteiger partial charge in [-0.05, 0) is 34.0 Å². The van der Waals surface area contributed by atoms with Crippen LogP contribution in [0, 0.1) is 2.88 Å². The van der Waals surface area contributed by atoms with Crippen molar-refractivity contribution in [3.05, 3.63) is 14.3 Å². The molecule has 8 heavy (non-hydrogen) atoms. The highest BCUT2D eigenvalue weighted by atomic mass is 127. The predicted octanol–water partition coefficient (Wildman–Crippen LogP) is 2.36. The molecule has 0 aliphatic carbocycles. The summed E-state index contributed by atoms with van der Waals surface area (Å²) in [6.07, 6.45) is 0. The number of thiophene rings is 1. The van der Waals surface area contributed by atoms with Crippen molar-refractivity contribution in [3.63, 3.8) is 0 Å². The smallest absolute Gasteiger partial charge is 0.143 e. The lowest BCUT2D eigenvalue weighted by Gasteiger charge is -1.91. The lowest BCUT2D eigenvalue weighted by Crippen LogP contribution is -1.78. The van der Waals surface area contributed by atoms with Crippen LogP contribution in [-0.2, 0) is 0 Å². The van der Waals surface area contributed by atoms with Crippen LogP contribution in [0.3, 0.4) is 0 Å². The van der Waals surface area contributed by atoms with Crippen molar-refractivity contribution in [1.82, 2.24) is 0 Å². The molecule has 1 aromatic rings. The van der Waals surface area contributed by atoms with E-state index in [9.17, 15) is 0 Å². The molecule has 0 saturated carbocycles. The Morgan fingerprint density at radius 3 is 2.75 bits per heavy atom. The third-order valence-corrected chi connectivity index (χ3v) is 2.78. The van der Waals surface area contributed by atoms with Crippen LogP contribution >= 0.6 is 33.9 Å². The van der Waals surface area contributed by atoms with Crippen molar-refractivity contribution >= 4 is 33.9 Å². The molecular formula is C5H5IOS. The first kappa shape index (κ1) is 6.35. The molecule has 1 heterocycles. The molecule has 0 bridgehead atoms. The maximum absolute atomic E-state index is 4.99. The minimum Gasteiger partial charge on any atom is -0.495 e. The molecule has 0 aliphatic rings. The minimum atomic E-state index is 0.982. The van der Waals surface area contributed by atoms with Crippen molar-refractivity contribution in [3.8, 4) is 5.75 Å². The Hall–Kier alpha value is 0.230. The second-order valence-corrected chi connectivity index (χ2v) is 3.99. The topological polar surface area (TPSA) is 9.23 Å². The van der Waals surface area contributed by atoms with Gasteiger partial charge < -0.3 is 4.74 Å². The maximum atomic E-state index is 4.99. The van der Waals surface area contributed by atoms with Crippen LogP contribution in [0.4, 0.5) is 0 Å². The Morgan fingerprint density at radius 2 is 2.50 bits per heavy atom. The van der Waals surface area contributed by atoms with Crippen LogP contribution in [0.25, 0.3) is 0 Å². The van der Waals surface area contributed by atoms with E-state index in [2.05, 4.69) is 22.6 Å². The molecule has 0 aromatic carbocycles. The second kappa shape index (κ2) is 2.68. The summed E-state index contributed by atoms with van der Waals surface area (Å²) >= 11 is 3.94. The van der Waals surface area contributed by atoms with Gasteiger partial charge in [-0.3, -0.25) is 0 Å². The summed E-state index contributed by atoms with van der Waals surface area (Å²) in [5.74, 6) is 0.982. The second-order valence-electron chi connectivity index (χ2n) is 1.26. The standard InChI is InChI=1S/C5H5IOS/c1-7-4-2-3-8-5(4)6/h2-3H,1H3. The van der Waals surface area contributed by atoms with E-state index in [1.54, 1.807) is 18.4 Å². The third-order valence-electron chi connectivity index (χ3n) is 0.805. The molecule has 0 atom stereocenters. The van der Waals surface area contributed by atoms with Crippen molar-refractivity contribution < 1.29 is 4.74 Å². The van der Waals surface area contributed by atoms with Crippen LogP contribution in [0.15, 0.2) is 11.4 Å². The molecule has 0 N–H and O–H groups in total. The Bertz CT molecular complexity index is 173. The summed E-state index contributed by atoms with van der Waals surface area (Å²) in [7, 11) is 1.68. The Balaban J connectivity index is 2.92. The van der Waals surface area contributed by atoms with E-state index in [0.29, 0.717) is 0 Å². The quantitative estimate of drug-likeness (QED) is 0.684. The van der Waals surface area contributed by atoms with Gasteiger partial charge in [0.2, 0.25) is 0 Å². The summed E-state index contributed by atoms with van der Waals surface area (Å²) < 4.78 is 6.20. The van der Waals surface area contributed by atoms with Gasteiger partial charge in [0.1, 0.15) is 8.63 Å². The first-order chi connectivity index (χ1) is 3.84. The number of methoxy groups -OCH3 is 1. The van der Waals surface area contributed by atoms with E-state index < -0.39 is 0 Å². The van der Waals surface area contributed by atoms with E-state index in [1.165, 1.54) is 2.88 Å². The molecule has 0 unspecified atom stereocenters. The summed E-state index contributed by atoms with van der Waals surface area (Å²) in [6.45, 7) is 0. The largest absolute Gasteiger partial charge is 0.495 e. The predicted molar refractivity (Wildman–Crippen MR) is 43.6 cm³/mol. The number of ether oxygens (including phenoxy) is 1. The van der Waals surface area contributed by atoms with Crippen molar-refractivity contribution in [2.75, 3.05) is 7.11 Å². The number of rotatable bonds is 1. The molecule has 0 fully saturated rings. The highest BCUT2D eigenvalue weighted by molar-refractivity contribution is 14.1. The zero-order valence-electron chi connectivity index (χ0n) is 4.35. The molecule has 0 radical (unpaired) electrons. The lowest BCUT2D eigenvalue weighted by molar-refractivity contribution is 0.414. The highest BCUT2D eigenvalue weighted by Gasteiger charge is 1.96. The van der Waals surface area contributed by atoms with E-state index in [0.717, 1.165) is 5.75 Å². The maximum Gasteiger partial charge on any atom is 0.143 e. The van der Waals surface area contributed by atoms with Gasteiger partial charge >= 0.3 is 0 Å². The Morgan fingerprint density at radius 1 is 1.75 bits per heavy atom. The fourth-order valence-electron chi connectivity index (χ4n) is 0.427. The van der Waals surface area contributed by atoms with Crippen LogP contribution in [0.2, 0.25) is 0 Å².